The van der Waals surface area contributed by atoms with Crippen LogP contribution in [0.3, 0.4) is 0 Å². The Labute approximate surface area is 172 Å². The Morgan fingerprint density at radius 2 is 1.86 bits per heavy atom. The molecule has 2 aromatic carbocycles. The van der Waals surface area contributed by atoms with Gasteiger partial charge in [0.05, 0.1) is 12.1 Å². The highest BCUT2D eigenvalue weighted by atomic mass is 35.5. The molecule has 1 atom stereocenters. The second-order valence-corrected chi connectivity index (χ2v) is 6.95. The molecule has 1 fully saturated rings. The van der Waals surface area contributed by atoms with Crippen molar-refractivity contribution in [3.05, 3.63) is 72.0 Å². The summed E-state index contributed by atoms with van der Waals surface area (Å²) in [6, 6.07) is 11.3. The molecule has 0 aromatic heterocycles. The fourth-order valence-corrected chi connectivity index (χ4v) is 3.45. The maximum atomic E-state index is 13.2. The van der Waals surface area contributed by atoms with E-state index in [1.807, 2.05) is 0 Å². The van der Waals surface area contributed by atoms with Crippen molar-refractivity contribution in [1.82, 2.24) is 4.90 Å². The first-order chi connectivity index (χ1) is 13.4. The smallest absolute Gasteiger partial charge is 0.256 e. The molecule has 0 saturated carbocycles. The molecule has 8 heteroatoms. The van der Waals surface area contributed by atoms with Gasteiger partial charge >= 0.3 is 0 Å². The molecule has 2 aromatic rings. The van der Waals surface area contributed by atoms with Crippen LogP contribution in [-0.2, 0) is 9.59 Å². The molecule has 1 heterocycles. The normalized spacial score (nSPS) is 16.4. The van der Waals surface area contributed by atoms with Gasteiger partial charge in [-0.15, -0.1) is 6.58 Å². The number of hydrogen-bond acceptors (Lipinski definition) is 3. The molecule has 5 nitrogen and oxygen atoms in total. The Kier molecular flexibility index (Phi) is 6.06. The summed E-state index contributed by atoms with van der Waals surface area (Å²) in [5.41, 5.74) is 1.03. The van der Waals surface area contributed by atoms with E-state index in [2.05, 4.69) is 11.9 Å². The largest absolute Gasteiger partial charge is 0.332 e. The Morgan fingerprint density at radius 1 is 1.21 bits per heavy atom. The molecule has 0 bridgehead atoms. The molecule has 1 aliphatic heterocycles. The van der Waals surface area contributed by atoms with Crippen LogP contribution in [0.5, 0.6) is 0 Å². The minimum atomic E-state index is -0.775. The second kappa shape index (κ2) is 8.50. The molecule has 1 aliphatic rings. The van der Waals surface area contributed by atoms with Crippen molar-refractivity contribution in [1.29, 1.82) is 0 Å². The Morgan fingerprint density at radius 3 is 2.46 bits per heavy atom. The van der Waals surface area contributed by atoms with E-state index in [-0.39, 0.29) is 23.3 Å². The Hall–Kier alpha value is -2.77. The lowest BCUT2D eigenvalue weighted by molar-refractivity contribution is -0.124. The third kappa shape index (κ3) is 4.21. The molecular weight excluding hydrogens is 401 g/mol. The van der Waals surface area contributed by atoms with Gasteiger partial charge in [0.2, 0.25) is 5.91 Å². The third-order valence-corrected chi connectivity index (χ3v) is 4.91. The Bertz CT molecular complexity index is 918. The molecular formula is C20H17ClFN3O2S. The maximum absolute atomic E-state index is 13.2. The Balaban J connectivity index is 1.79. The van der Waals surface area contributed by atoms with Crippen LogP contribution >= 0.6 is 23.8 Å². The van der Waals surface area contributed by atoms with Crippen LogP contribution in [0.4, 0.5) is 15.8 Å². The second-order valence-electron chi connectivity index (χ2n) is 6.15. The minimum absolute atomic E-state index is 0.0901. The lowest BCUT2D eigenvalue weighted by Gasteiger charge is -2.22. The van der Waals surface area contributed by atoms with Gasteiger partial charge in [-0.1, -0.05) is 17.7 Å². The molecule has 1 saturated heterocycles. The average Bonchev–Trinajstić information content (AvgIpc) is 2.89. The van der Waals surface area contributed by atoms with Gasteiger partial charge in [0.25, 0.3) is 5.91 Å². The fourth-order valence-electron chi connectivity index (χ4n) is 2.93. The van der Waals surface area contributed by atoms with Crippen LogP contribution in [0.15, 0.2) is 61.2 Å². The molecule has 0 aliphatic carbocycles. The van der Waals surface area contributed by atoms with Gasteiger partial charge in [0, 0.05) is 17.3 Å². The number of amides is 2. The molecule has 0 radical (unpaired) electrons. The van der Waals surface area contributed by atoms with Crippen LogP contribution in [0, 0.1) is 5.82 Å². The fraction of sp³-hybridized carbons (Fsp3) is 0.150. The van der Waals surface area contributed by atoms with Gasteiger partial charge in [0.1, 0.15) is 11.9 Å². The highest BCUT2D eigenvalue weighted by Crippen LogP contribution is 2.27. The van der Waals surface area contributed by atoms with Crippen molar-refractivity contribution in [3.8, 4) is 0 Å². The number of thiocarbonyl (C=S) groups is 1. The van der Waals surface area contributed by atoms with Gasteiger partial charge in [0.15, 0.2) is 5.11 Å². The van der Waals surface area contributed by atoms with Crippen LogP contribution in [0.1, 0.15) is 6.42 Å². The van der Waals surface area contributed by atoms with Crippen molar-refractivity contribution >= 4 is 52.1 Å². The average molecular weight is 418 g/mol. The number of nitrogens with one attached hydrogen (secondary N) is 1. The predicted molar refractivity (Wildman–Crippen MR) is 112 cm³/mol. The van der Waals surface area contributed by atoms with Crippen molar-refractivity contribution in [2.75, 3.05) is 16.8 Å². The lowest BCUT2D eigenvalue weighted by atomic mass is 10.1. The van der Waals surface area contributed by atoms with Crippen LogP contribution in [0.2, 0.25) is 5.02 Å². The SMILES string of the molecule is C=CCN1C(=S)N(c2ccc(F)cc2)C(=O)[C@H]1CC(=O)Nc1ccc(Cl)cc1. The summed E-state index contributed by atoms with van der Waals surface area (Å²) in [7, 11) is 0. The van der Waals surface area contributed by atoms with Crippen molar-refractivity contribution < 1.29 is 14.0 Å². The number of nitrogens with zero attached hydrogens (tertiary/aromatic N) is 2. The van der Waals surface area contributed by atoms with E-state index in [1.165, 1.54) is 29.2 Å². The first-order valence-electron chi connectivity index (χ1n) is 8.47. The first-order valence-corrected chi connectivity index (χ1v) is 9.26. The van der Waals surface area contributed by atoms with Crippen molar-refractivity contribution in [2.45, 2.75) is 12.5 Å². The van der Waals surface area contributed by atoms with Gasteiger partial charge in [-0.2, -0.15) is 0 Å². The molecule has 1 N–H and O–H groups in total. The zero-order chi connectivity index (χ0) is 20.3. The highest BCUT2D eigenvalue weighted by Gasteiger charge is 2.43. The highest BCUT2D eigenvalue weighted by molar-refractivity contribution is 7.80. The summed E-state index contributed by atoms with van der Waals surface area (Å²) in [4.78, 5) is 28.4. The standard InChI is InChI=1S/C20H17ClFN3O2S/c1-2-11-24-17(12-18(26)23-15-7-3-13(21)4-8-15)19(27)25(20(24)28)16-9-5-14(22)6-10-16/h2-10,17H,1,11-12H2,(H,23,26)/t17-/m1/s1. The summed E-state index contributed by atoms with van der Waals surface area (Å²) in [6.45, 7) is 4.00. The number of anilines is 2. The summed E-state index contributed by atoms with van der Waals surface area (Å²) in [5.74, 6) is -1.09. The molecule has 144 valence electrons. The van der Waals surface area contributed by atoms with Crippen LogP contribution in [0.25, 0.3) is 0 Å². The molecule has 28 heavy (non-hydrogen) atoms. The van der Waals surface area contributed by atoms with Crippen molar-refractivity contribution in [2.24, 2.45) is 0 Å². The number of carbonyl (C=O) groups is 2. The summed E-state index contributed by atoms with van der Waals surface area (Å²) >= 11 is 11.3. The lowest BCUT2D eigenvalue weighted by Crippen LogP contribution is -2.37. The van der Waals surface area contributed by atoms with E-state index in [9.17, 15) is 14.0 Å². The van der Waals surface area contributed by atoms with E-state index in [0.29, 0.717) is 22.9 Å². The predicted octanol–water partition coefficient (Wildman–Crippen LogP) is 4.00. The van der Waals surface area contributed by atoms with Gasteiger partial charge < -0.3 is 10.2 Å². The van der Waals surface area contributed by atoms with Gasteiger partial charge in [-0.3, -0.25) is 14.5 Å². The number of benzene rings is 2. The van der Waals surface area contributed by atoms with Crippen LogP contribution in [-0.4, -0.2) is 34.4 Å². The third-order valence-electron chi connectivity index (χ3n) is 4.24. The topological polar surface area (TPSA) is 52.7 Å². The van der Waals surface area contributed by atoms with Gasteiger partial charge in [-0.25, -0.2) is 4.39 Å². The van der Waals surface area contributed by atoms with Crippen molar-refractivity contribution in [3.63, 3.8) is 0 Å². The quantitative estimate of drug-likeness (QED) is 0.570. The molecule has 2 amide bonds. The number of carbonyl (C=O) groups excluding carboxylic acids is 2. The van der Waals surface area contributed by atoms with E-state index < -0.39 is 11.9 Å². The molecule has 0 unspecified atom stereocenters. The summed E-state index contributed by atoms with van der Waals surface area (Å²) in [5, 5.41) is 3.55. The first kappa shape index (κ1) is 20.0. The van der Waals surface area contributed by atoms with Gasteiger partial charge in [-0.05, 0) is 60.7 Å². The zero-order valence-corrected chi connectivity index (χ0v) is 16.3. The van der Waals surface area contributed by atoms with E-state index >= 15 is 0 Å². The molecule has 0 spiro atoms. The number of hydrogen-bond donors (Lipinski definition) is 1. The van der Waals surface area contributed by atoms with E-state index in [4.69, 9.17) is 23.8 Å². The minimum Gasteiger partial charge on any atom is -0.332 e. The maximum Gasteiger partial charge on any atom is 0.256 e. The zero-order valence-electron chi connectivity index (χ0n) is 14.8. The van der Waals surface area contributed by atoms with E-state index in [1.54, 1.807) is 35.2 Å². The number of rotatable bonds is 6. The summed E-state index contributed by atoms with van der Waals surface area (Å²) in [6.07, 6.45) is 1.52. The van der Waals surface area contributed by atoms with E-state index in [0.717, 1.165) is 0 Å². The molecule has 3 rings (SSSR count). The number of halogens is 2. The monoisotopic (exact) mass is 417 g/mol. The van der Waals surface area contributed by atoms with Crippen LogP contribution < -0.4 is 10.2 Å². The summed E-state index contributed by atoms with van der Waals surface area (Å²) < 4.78 is 13.2.